The van der Waals surface area contributed by atoms with E-state index in [1.165, 1.54) is 6.92 Å². The molecule has 4 aliphatic carbocycles. The Labute approximate surface area is 228 Å². The normalized spacial score (nSPS) is 54.9. The molecule has 0 aromatic heterocycles. The standard InChI is InChI=1S/C28H44O11/c1-14(31)38-24-27-9-6-17-25(2,8-7-19(32)26(17,3)12-30)18(27)5-4-15(10-27)28(24,36)13-37-23-22(35)21(34)20(33)16(11-29)39-23/h12,15-24,29,32-36H,4-11,13H2,1-3H3/t15-,16-,17+,18+,19-,20-,21+,22-,23-,24-,25-,26-,27-,28+/m1/s1. The first kappa shape index (κ1) is 29.3. The van der Waals surface area contributed by atoms with Crippen LogP contribution in [0.2, 0.25) is 0 Å². The number of rotatable bonds is 6. The summed E-state index contributed by atoms with van der Waals surface area (Å²) in [4.78, 5) is 24.7. The third kappa shape index (κ3) is 4.14. The van der Waals surface area contributed by atoms with E-state index in [0.717, 1.165) is 19.1 Å². The van der Waals surface area contributed by atoms with Crippen LogP contribution in [0.15, 0.2) is 0 Å². The second-order valence-electron chi connectivity index (χ2n) is 13.4. The molecule has 6 N–H and O–H groups in total. The van der Waals surface area contributed by atoms with E-state index in [9.17, 15) is 40.2 Å². The zero-order valence-corrected chi connectivity index (χ0v) is 22.9. The van der Waals surface area contributed by atoms with E-state index < -0.39 is 71.9 Å². The maximum atomic E-state index is 12.4. The van der Waals surface area contributed by atoms with Crippen molar-refractivity contribution < 1.29 is 54.4 Å². The fourth-order valence-electron chi connectivity index (χ4n) is 9.69. The van der Waals surface area contributed by atoms with Gasteiger partial charge in [0.25, 0.3) is 0 Å². The second kappa shape index (κ2) is 9.97. The lowest BCUT2D eigenvalue weighted by molar-refractivity contribution is -0.313. The maximum Gasteiger partial charge on any atom is 0.303 e. The summed E-state index contributed by atoms with van der Waals surface area (Å²) in [7, 11) is 0. The zero-order valence-electron chi connectivity index (χ0n) is 22.9. The first-order valence-corrected chi connectivity index (χ1v) is 14.2. The van der Waals surface area contributed by atoms with Crippen LogP contribution in [0.3, 0.4) is 0 Å². The van der Waals surface area contributed by atoms with E-state index in [4.69, 9.17) is 14.2 Å². The molecule has 5 rings (SSSR count). The minimum Gasteiger partial charge on any atom is -0.459 e. The molecule has 39 heavy (non-hydrogen) atoms. The molecule has 1 spiro atoms. The average molecular weight is 557 g/mol. The van der Waals surface area contributed by atoms with E-state index in [2.05, 4.69) is 6.92 Å². The highest BCUT2D eigenvalue weighted by molar-refractivity contribution is 5.66. The molecule has 5 aliphatic rings. The van der Waals surface area contributed by atoms with Gasteiger partial charge in [0, 0.05) is 12.3 Å². The van der Waals surface area contributed by atoms with Gasteiger partial charge in [-0.2, -0.15) is 0 Å². The lowest BCUT2D eigenvalue weighted by Crippen LogP contribution is -2.64. The highest BCUT2D eigenvalue weighted by Gasteiger charge is 2.74. The smallest absolute Gasteiger partial charge is 0.303 e. The predicted molar refractivity (Wildman–Crippen MR) is 134 cm³/mol. The molecule has 11 nitrogen and oxygen atoms in total. The number of fused-ring (bicyclic) bond motifs is 3. The molecule has 0 radical (unpaired) electrons. The largest absolute Gasteiger partial charge is 0.459 e. The minimum absolute atomic E-state index is 0.0393. The Morgan fingerprint density at radius 2 is 1.72 bits per heavy atom. The van der Waals surface area contributed by atoms with Gasteiger partial charge < -0.3 is 49.6 Å². The molecule has 14 atom stereocenters. The van der Waals surface area contributed by atoms with Gasteiger partial charge in [0.1, 0.15) is 42.4 Å². The number of aliphatic hydroxyl groups excluding tert-OH is 5. The average Bonchev–Trinajstić information content (AvgIpc) is 3.07. The highest BCUT2D eigenvalue weighted by Crippen LogP contribution is 2.73. The van der Waals surface area contributed by atoms with Gasteiger partial charge in [-0.1, -0.05) is 13.8 Å². The first-order chi connectivity index (χ1) is 18.3. The number of hydrogen-bond acceptors (Lipinski definition) is 11. The molecule has 4 saturated carbocycles. The molecule has 0 aromatic carbocycles. The van der Waals surface area contributed by atoms with Crippen molar-refractivity contribution in [2.45, 2.75) is 114 Å². The van der Waals surface area contributed by atoms with Crippen LogP contribution in [0, 0.1) is 34.0 Å². The van der Waals surface area contributed by atoms with Crippen LogP contribution in [0.1, 0.15) is 65.7 Å². The summed E-state index contributed by atoms with van der Waals surface area (Å²) in [6.07, 6.45) is -3.54. The number of aldehydes is 1. The SMILES string of the molecule is CC(=O)O[C@H]1[C@](O)(CO[C@@H]2O[C@H](CO)[C@@H](O)[C@H](O)[C@H]2O)[C@@H]2CC[C@H]3[C@]4(C)CC[C@@H](O)[C@](C)(C=O)[C@H]4CC[C@@]31C2. The third-order valence-corrected chi connectivity index (χ3v) is 11.6. The van der Waals surface area contributed by atoms with Gasteiger partial charge in [0.2, 0.25) is 0 Å². The summed E-state index contributed by atoms with van der Waals surface area (Å²) < 4.78 is 17.3. The number of aliphatic hydroxyl groups is 6. The molecule has 0 amide bonds. The van der Waals surface area contributed by atoms with Crippen LogP contribution < -0.4 is 0 Å². The molecule has 0 aromatic rings. The Morgan fingerprint density at radius 1 is 1.00 bits per heavy atom. The van der Waals surface area contributed by atoms with E-state index in [0.29, 0.717) is 32.1 Å². The predicted octanol–water partition coefficient (Wildman–Crippen LogP) is -0.342. The van der Waals surface area contributed by atoms with Crippen molar-refractivity contribution in [1.82, 2.24) is 0 Å². The fraction of sp³-hybridized carbons (Fsp3) is 0.929. The van der Waals surface area contributed by atoms with Crippen LogP contribution >= 0.6 is 0 Å². The van der Waals surface area contributed by atoms with E-state index >= 15 is 0 Å². The molecule has 2 bridgehead atoms. The Bertz CT molecular complexity index is 960. The van der Waals surface area contributed by atoms with Crippen molar-refractivity contribution in [3.05, 3.63) is 0 Å². The molecular formula is C28H44O11. The summed E-state index contributed by atoms with van der Waals surface area (Å²) in [5.74, 6) is -0.807. The van der Waals surface area contributed by atoms with Crippen molar-refractivity contribution in [1.29, 1.82) is 0 Å². The molecule has 1 heterocycles. The molecule has 1 saturated heterocycles. The third-order valence-electron chi connectivity index (χ3n) is 11.6. The van der Waals surface area contributed by atoms with Crippen LogP contribution in [0.5, 0.6) is 0 Å². The number of esters is 1. The lowest BCUT2D eigenvalue weighted by atomic mass is 9.40. The van der Waals surface area contributed by atoms with Crippen LogP contribution in [0.4, 0.5) is 0 Å². The zero-order chi connectivity index (χ0) is 28.5. The summed E-state index contributed by atoms with van der Waals surface area (Å²) in [5, 5.41) is 63.3. The number of ether oxygens (including phenoxy) is 3. The van der Waals surface area contributed by atoms with E-state index in [1.807, 2.05) is 6.92 Å². The second-order valence-corrected chi connectivity index (χ2v) is 13.4. The number of carbonyl (C=O) groups excluding carboxylic acids is 2. The molecular weight excluding hydrogens is 512 g/mol. The topological polar surface area (TPSA) is 183 Å². The number of carbonyl (C=O) groups is 2. The Kier molecular flexibility index (Phi) is 7.50. The Morgan fingerprint density at radius 3 is 2.36 bits per heavy atom. The van der Waals surface area contributed by atoms with Gasteiger partial charge in [0.05, 0.1) is 24.7 Å². The van der Waals surface area contributed by atoms with Gasteiger partial charge >= 0.3 is 5.97 Å². The lowest BCUT2D eigenvalue weighted by Gasteiger charge is -2.64. The van der Waals surface area contributed by atoms with Crippen molar-refractivity contribution >= 4 is 12.3 Å². The van der Waals surface area contributed by atoms with Crippen molar-refractivity contribution in [2.75, 3.05) is 13.2 Å². The Hall–Kier alpha value is -1.18. The first-order valence-electron chi connectivity index (χ1n) is 14.2. The van der Waals surface area contributed by atoms with Crippen molar-refractivity contribution in [2.24, 2.45) is 34.0 Å². The van der Waals surface area contributed by atoms with Crippen LogP contribution in [-0.2, 0) is 23.8 Å². The summed E-state index contributed by atoms with van der Waals surface area (Å²) in [6, 6.07) is 0. The minimum atomic E-state index is -1.62. The molecule has 222 valence electrons. The summed E-state index contributed by atoms with van der Waals surface area (Å²) >= 11 is 0. The van der Waals surface area contributed by atoms with Crippen molar-refractivity contribution in [3.8, 4) is 0 Å². The van der Waals surface area contributed by atoms with Gasteiger partial charge in [0.15, 0.2) is 6.29 Å². The number of hydrogen-bond donors (Lipinski definition) is 6. The molecule has 1 aliphatic heterocycles. The van der Waals surface area contributed by atoms with Crippen LogP contribution in [0.25, 0.3) is 0 Å². The van der Waals surface area contributed by atoms with E-state index in [1.54, 1.807) is 0 Å². The molecule has 11 heteroatoms. The quantitative estimate of drug-likeness (QED) is 0.186. The van der Waals surface area contributed by atoms with Gasteiger partial charge in [-0.15, -0.1) is 0 Å². The maximum absolute atomic E-state index is 12.4. The van der Waals surface area contributed by atoms with Gasteiger partial charge in [-0.25, -0.2) is 0 Å². The molecule has 0 unspecified atom stereocenters. The Balaban J connectivity index is 1.45. The van der Waals surface area contributed by atoms with Crippen molar-refractivity contribution in [3.63, 3.8) is 0 Å². The van der Waals surface area contributed by atoms with Crippen LogP contribution in [-0.4, -0.2) is 105 Å². The van der Waals surface area contributed by atoms with E-state index in [-0.39, 0.29) is 29.8 Å². The summed E-state index contributed by atoms with van der Waals surface area (Å²) in [5.41, 5.74) is -3.34. The monoisotopic (exact) mass is 556 g/mol. The molecule has 5 fully saturated rings. The highest BCUT2D eigenvalue weighted by atomic mass is 16.7. The summed E-state index contributed by atoms with van der Waals surface area (Å²) in [6.45, 7) is 4.38. The van der Waals surface area contributed by atoms with Gasteiger partial charge in [-0.3, -0.25) is 4.79 Å². The van der Waals surface area contributed by atoms with Gasteiger partial charge in [-0.05, 0) is 68.1 Å². The fourth-order valence-corrected chi connectivity index (χ4v) is 9.69.